The Kier molecular flexibility index (Phi) is 5.99. The molecule has 1 amide bonds. The van der Waals surface area contributed by atoms with Crippen molar-refractivity contribution >= 4 is 11.6 Å². The van der Waals surface area contributed by atoms with Crippen LogP contribution in [0.1, 0.15) is 43.5 Å². The molecule has 2 heterocycles. The van der Waals surface area contributed by atoms with Crippen LogP contribution in [0.25, 0.3) is 0 Å². The molecule has 0 radical (unpaired) electrons. The molecule has 1 atom stereocenters. The first kappa shape index (κ1) is 15.8. The van der Waals surface area contributed by atoms with Crippen LogP contribution >= 0.6 is 0 Å². The summed E-state index contributed by atoms with van der Waals surface area (Å²) in [4.78, 5) is 16.6. The van der Waals surface area contributed by atoms with Gasteiger partial charge in [0.2, 0.25) is 0 Å². The second-order valence-electron chi connectivity index (χ2n) is 5.56. The number of nitrogens with one attached hydrogen (secondary N) is 2. The molecule has 2 rings (SSSR count). The van der Waals surface area contributed by atoms with Crippen molar-refractivity contribution in [2.75, 3.05) is 25.1 Å². The summed E-state index contributed by atoms with van der Waals surface area (Å²) >= 11 is 0. The molecule has 0 aliphatic carbocycles. The zero-order chi connectivity index (χ0) is 15.1. The van der Waals surface area contributed by atoms with Gasteiger partial charge in [0.15, 0.2) is 0 Å². The van der Waals surface area contributed by atoms with Gasteiger partial charge in [0, 0.05) is 32.0 Å². The third-order valence-electron chi connectivity index (χ3n) is 3.96. The molecule has 0 spiro atoms. The molecule has 1 aliphatic heterocycles. The highest BCUT2D eigenvalue weighted by Crippen LogP contribution is 2.20. The van der Waals surface area contributed by atoms with Crippen LogP contribution in [-0.4, -0.2) is 36.7 Å². The molecular weight excluding hydrogens is 266 g/mol. The number of aromatic nitrogens is 1. The Morgan fingerprint density at radius 2 is 2.24 bits per heavy atom. The van der Waals surface area contributed by atoms with Gasteiger partial charge in [-0.15, -0.1) is 0 Å². The van der Waals surface area contributed by atoms with Gasteiger partial charge in [-0.1, -0.05) is 6.92 Å². The van der Waals surface area contributed by atoms with Crippen LogP contribution in [0.3, 0.4) is 0 Å². The Morgan fingerprint density at radius 3 is 2.95 bits per heavy atom. The average Bonchev–Trinajstić information content (AvgIpc) is 2.54. The standard InChI is InChI=1S/C16H25N3O2/c1-3-7-18-15-11-17-8-4-14(15)16(20)19-12(2)13-5-9-21-10-6-13/h4,8,11-13,18H,3,5-7,9-10H2,1-2H3,(H,19,20). The lowest BCUT2D eigenvalue weighted by atomic mass is 9.93. The van der Waals surface area contributed by atoms with E-state index in [1.165, 1.54) is 0 Å². The van der Waals surface area contributed by atoms with Gasteiger partial charge in [0.25, 0.3) is 5.91 Å². The van der Waals surface area contributed by atoms with Crippen LogP contribution in [-0.2, 0) is 4.74 Å². The van der Waals surface area contributed by atoms with E-state index < -0.39 is 0 Å². The number of rotatable bonds is 6. The van der Waals surface area contributed by atoms with Crippen LogP contribution in [0, 0.1) is 5.92 Å². The third-order valence-corrected chi connectivity index (χ3v) is 3.96. The van der Waals surface area contributed by atoms with Crippen LogP contribution in [0.5, 0.6) is 0 Å². The Hall–Kier alpha value is -1.62. The minimum absolute atomic E-state index is 0.0324. The van der Waals surface area contributed by atoms with E-state index in [4.69, 9.17) is 4.74 Å². The number of carbonyl (C=O) groups excluding carboxylic acids is 1. The van der Waals surface area contributed by atoms with E-state index in [0.717, 1.165) is 44.7 Å². The first-order valence-corrected chi connectivity index (χ1v) is 7.79. The van der Waals surface area contributed by atoms with E-state index in [9.17, 15) is 4.79 Å². The highest BCUT2D eigenvalue weighted by molar-refractivity contribution is 5.99. The van der Waals surface area contributed by atoms with E-state index in [1.807, 2.05) is 0 Å². The van der Waals surface area contributed by atoms with Gasteiger partial charge >= 0.3 is 0 Å². The van der Waals surface area contributed by atoms with E-state index in [-0.39, 0.29) is 11.9 Å². The Morgan fingerprint density at radius 1 is 1.48 bits per heavy atom. The minimum atomic E-state index is -0.0324. The monoisotopic (exact) mass is 291 g/mol. The zero-order valence-corrected chi connectivity index (χ0v) is 12.9. The molecule has 0 saturated carbocycles. The second kappa shape index (κ2) is 7.98. The summed E-state index contributed by atoms with van der Waals surface area (Å²) in [6, 6.07) is 1.93. The summed E-state index contributed by atoms with van der Waals surface area (Å²) in [6.07, 6.45) is 6.40. The molecule has 1 saturated heterocycles. The molecular formula is C16H25N3O2. The molecule has 21 heavy (non-hydrogen) atoms. The van der Waals surface area contributed by atoms with E-state index >= 15 is 0 Å². The lowest BCUT2D eigenvalue weighted by Crippen LogP contribution is -2.40. The van der Waals surface area contributed by atoms with Crippen molar-refractivity contribution in [1.29, 1.82) is 0 Å². The van der Waals surface area contributed by atoms with Crippen LogP contribution in [0.4, 0.5) is 5.69 Å². The van der Waals surface area contributed by atoms with Crippen molar-refractivity contribution in [3.8, 4) is 0 Å². The van der Waals surface area contributed by atoms with E-state index in [0.29, 0.717) is 11.5 Å². The molecule has 0 bridgehead atoms. The summed E-state index contributed by atoms with van der Waals surface area (Å²) in [5, 5.41) is 6.37. The van der Waals surface area contributed by atoms with Gasteiger partial charge in [0.05, 0.1) is 17.4 Å². The molecule has 1 fully saturated rings. The Labute approximate surface area is 126 Å². The molecule has 5 heteroatoms. The zero-order valence-electron chi connectivity index (χ0n) is 12.9. The SMILES string of the molecule is CCCNc1cnccc1C(=O)NC(C)C1CCOCC1. The topological polar surface area (TPSA) is 63.2 Å². The molecule has 1 aromatic heterocycles. The van der Waals surface area contributed by atoms with Gasteiger partial charge in [-0.2, -0.15) is 0 Å². The van der Waals surface area contributed by atoms with Crippen molar-refractivity contribution < 1.29 is 9.53 Å². The number of ether oxygens (including phenoxy) is 1. The highest BCUT2D eigenvalue weighted by Gasteiger charge is 2.23. The maximum atomic E-state index is 12.5. The van der Waals surface area contributed by atoms with Crippen LogP contribution in [0.15, 0.2) is 18.5 Å². The summed E-state index contributed by atoms with van der Waals surface area (Å²) in [6.45, 7) is 6.60. The first-order valence-electron chi connectivity index (χ1n) is 7.79. The minimum Gasteiger partial charge on any atom is -0.383 e. The van der Waals surface area contributed by atoms with Crippen molar-refractivity contribution in [3.63, 3.8) is 0 Å². The smallest absolute Gasteiger partial charge is 0.253 e. The maximum absolute atomic E-state index is 12.5. The summed E-state index contributed by atoms with van der Waals surface area (Å²) < 4.78 is 5.37. The first-order chi connectivity index (χ1) is 10.2. The van der Waals surface area contributed by atoms with Gasteiger partial charge in [-0.25, -0.2) is 0 Å². The quantitative estimate of drug-likeness (QED) is 0.845. The van der Waals surface area contributed by atoms with Crippen molar-refractivity contribution in [2.24, 2.45) is 5.92 Å². The lowest BCUT2D eigenvalue weighted by Gasteiger charge is -2.28. The molecule has 1 unspecified atom stereocenters. The number of hydrogen-bond acceptors (Lipinski definition) is 4. The number of pyridine rings is 1. The Balaban J connectivity index is 1.98. The van der Waals surface area contributed by atoms with E-state index in [2.05, 4.69) is 29.5 Å². The van der Waals surface area contributed by atoms with E-state index in [1.54, 1.807) is 18.5 Å². The number of nitrogens with zero attached hydrogens (tertiary/aromatic N) is 1. The summed E-state index contributed by atoms with van der Waals surface area (Å²) in [5.41, 5.74) is 1.47. The number of carbonyl (C=O) groups is 1. The fraction of sp³-hybridized carbons (Fsp3) is 0.625. The fourth-order valence-corrected chi connectivity index (χ4v) is 2.61. The Bertz CT molecular complexity index is 459. The molecule has 1 aliphatic rings. The predicted octanol–water partition coefficient (Wildman–Crippen LogP) is 2.45. The average molecular weight is 291 g/mol. The number of hydrogen-bond donors (Lipinski definition) is 2. The van der Waals surface area contributed by atoms with Crippen molar-refractivity contribution in [2.45, 2.75) is 39.2 Å². The largest absolute Gasteiger partial charge is 0.383 e. The highest BCUT2D eigenvalue weighted by atomic mass is 16.5. The number of anilines is 1. The molecule has 116 valence electrons. The van der Waals surface area contributed by atoms with Crippen LogP contribution in [0.2, 0.25) is 0 Å². The molecule has 2 N–H and O–H groups in total. The molecule has 1 aromatic rings. The molecule has 0 aromatic carbocycles. The van der Waals surface area contributed by atoms with Crippen LogP contribution < -0.4 is 10.6 Å². The third kappa shape index (κ3) is 4.43. The normalized spacial score (nSPS) is 17.2. The molecule has 5 nitrogen and oxygen atoms in total. The van der Waals surface area contributed by atoms with Gasteiger partial charge < -0.3 is 15.4 Å². The number of amides is 1. The van der Waals surface area contributed by atoms with Gasteiger partial charge in [-0.05, 0) is 38.2 Å². The van der Waals surface area contributed by atoms with Gasteiger partial charge in [-0.3, -0.25) is 9.78 Å². The summed E-state index contributed by atoms with van der Waals surface area (Å²) in [5.74, 6) is 0.464. The fourth-order valence-electron chi connectivity index (χ4n) is 2.61. The van der Waals surface area contributed by atoms with Crippen molar-refractivity contribution in [3.05, 3.63) is 24.0 Å². The summed E-state index contributed by atoms with van der Waals surface area (Å²) in [7, 11) is 0. The predicted molar refractivity (Wildman–Crippen MR) is 83.5 cm³/mol. The maximum Gasteiger partial charge on any atom is 0.253 e. The second-order valence-corrected chi connectivity index (χ2v) is 5.56. The lowest BCUT2D eigenvalue weighted by molar-refractivity contribution is 0.0538. The van der Waals surface area contributed by atoms with Gasteiger partial charge in [0.1, 0.15) is 0 Å². The van der Waals surface area contributed by atoms with Crippen molar-refractivity contribution in [1.82, 2.24) is 10.3 Å².